The highest BCUT2D eigenvalue weighted by atomic mass is 16.6. The number of carboxylic acid groups (broad SMARTS) is 2. The van der Waals surface area contributed by atoms with Gasteiger partial charge in [0.15, 0.2) is 0 Å². The third-order valence-electron chi connectivity index (χ3n) is 4.25. The first-order valence-electron chi connectivity index (χ1n) is 9.08. The van der Waals surface area contributed by atoms with Gasteiger partial charge in [-0.25, -0.2) is 9.59 Å². The van der Waals surface area contributed by atoms with E-state index >= 15 is 0 Å². The number of aliphatic carboxylic acids is 2. The molecule has 0 heterocycles. The molecule has 0 saturated heterocycles. The molecule has 2 amide bonds. The van der Waals surface area contributed by atoms with E-state index in [2.05, 4.69) is 5.32 Å². The molecule has 2 aromatic rings. The van der Waals surface area contributed by atoms with E-state index in [4.69, 9.17) is 14.9 Å². The molecule has 0 saturated carbocycles. The molecule has 3 N–H and O–H groups in total. The van der Waals surface area contributed by atoms with Gasteiger partial charge in [0.2, 0.25) is 0 Å². The lowest BCUT2D eigenvalue weighted by atomic mass is 10.1. The van der Waals surface area contributed by atoms with E-state index in [0.717, 1.165) is 5.56 Å². The van der Waals surface area contributed by atoms with Crippen LogP contribution in [0.4, 0.5) is 10.5 Å². The molecule has 0 bridgehead atoms. The number of nitrogens with one attached hydrogen (secondary N) is 1. The van der Waals surface area contributed by atoms with Gasteiger partial charge >= 0.3 is 18.0 Å². The van der Waals surface area contributed by atoms with Crippen molar-refractivity contribution in [2.24, 2.45) is 0 Å². The average molecular weight is 414 g/mol. The van der Waals surface area contributed by atoms with Crippen LogP contribution in [0.25, 0.3) is 0 Å². The standard InChI is InChI=1S/C21H22N2O7/c1-23(21(29)30-13-14-5-3-2-4-6-14)16-9-7-15(8-10-16)19(26)22-17(20(27)28)11-12-18(24)25/h2-10,17H,11-13H2,1H3,(H,22,26)(H,24,25)(H,27,28)/t17-/m1/s1. The van der Waals surface area contributed by atoms with Crippen LogP contribution in [0.3, 0.4) is 0 Å². The van der Waals surface area contributed by atoms with Gasteiger partial charge in [0, 0.05) is 24.7 Å². The molecule has 158 valence electrons. The Morgan fingerprint density at radius 3 is 2.20 bits per heavy atom. The molecule has 30 heavy (non-hydrogen) atoms. The number of carbonyl (C=O) groups excluding carboxylic acids is 2. The Labute approximate surface area is 172 Å². The van der Waals surface area contributed by atoms with Gasteiger partial charge in [0.25, 0.3) is 5.91 Å². The number of carboxylic acids is 2. The smallest absolute Gasteiger partial charge is 0.414 e. The lowest BCUT2D eigenvalue weighted by Gasteiger charge is -2.18. The summed E-state index contributed by atoms with van der Waals surface area (Å²) in [5.74, 6) is -3.13. The molecule has 0 aromatic heterocycles. The number of rotatable bonds is 9. The summed E-state index contributed by atoms with van der Waals surface area (Å²) in [5.41, 5.74) is 1.50. The summed E-state index contributed by atoms with van der Waals surface area (Å²) in [6, 6.07) is 13.8. The van der Waals surface area contributed by atoms with E-state index in [9.17, 15) is 19.2 Å². The number of hydrogen-bond acceptors (Lipinski definition) is 5. The Hall–Kier alpha value is -3.88. The predicted molar refractivity (Wildman–Crippen MR) is 107 cm³/mol. The summed E-state index contributed by atoms with van der Waals surface area (Å²) in [5, 5.41) is 20.1. The second kappa shape index (κ2) is 10.6. The van der Waals surface area contributed by atoms with Crippen LogP contribution in [0.5, 0.6) is 0 Å². The molecule has 0 aliphatic heterocycles. The first-order chi connectivity index (χ1) is 14.3. The molecule has 9 heteroatoms. The molecule has 9 nitrogen and oxygen atoms in total. The number of hydrogen-bond donors (Lipinski definition) is 3. The highest BCUT2D eigenvalue weighted by Crippen LogP contribution is 2.16. The van der Waals surface area contributed by atoms with Crippen LogP contribution in [0, 0.1) is 0 Å². The van der Waals surface area contributed by atoms with Gasteiger partial charge < -0.3 is 20.3 Å². The van der Waals surface area contributed by atoms with Gasteiger partial charge in [-0.2, -0.15) is 0 Å². The van der Waals surface area contributed by atoms with Crippen molar-refractivity contribution >= 4 is 29.6 Å². The number of amides is 2. The normalized spacial score (nSPS) is 11.2. The van der Waals surface area contributed by atoms with Crippen LogP contribution in [0.1, 0.15) is 28.8 Å². The molecular weight excluding hydrogens is 392 g/mol. The zero-order valence-electron chi connectivity index (χ0n) is 16.3. The maximum Gasteiger partial charge on any atom is 0.414 e. The van der Waals surface area contributed by atoms with Crippen molar-refractivity contribution in [3.8, 4) is 0 Å². The van der Waals surface area contributed by atoms with E-state index in [1.54, 1.807) is 0 Å². The van der Waals surface area contributed by atoms with Gasteiger partial charge in [-0.3, -0.25) is 14.5 Å². The third-order valence-corrected chi connectivity index (χ3v) is 4.25. The van der Waals surface area contributed by atoms with E-state index < -0.39 is 30.0 Å². The molecule has 1 atom stereocenters. The van der Waals surface area contributed by atoms with Crippen LogP contribution < -0.4 is 10.2 Å². The number of carbonyl (C=O) groups is 4. The highest BCUT2D eigenvalue weighted by Gasteiger charge is 2.22. The lowest BCUT2D eigenvalue weighted by molar-refractivity contribution is -0.140. The Morgan fingerprint density at radius 1 is 1.00 bits per heavy atom. The number of nitrogens with zero attached hydrogens (tertiary/aromatic N) is 1. The fourth-order valence-electron chi connectivity index (χ4n) is 2.52. The third kappa shape index (κ3) is 6.62. The van der Waals surface area contributed by atoms with Crippen molar-refractivity contribution in [1.82, 2.24) is 5.32 Å². The minimum atomic E-state index is -1.32. The molecular formula is C21H22N2O7. The average Bonchev–Trinajstić information content (AvgIpc) is 2.74. The van der Waals surface area contributed by atoms with E-state index in [1.165, 1.54) is 36.2 Å². The Balaban J connectivity index is 1.95. The van der Waals surface area contributed by atoms with Crippen molar-refractivity contribution in [2.45, 2.75) is 25.5 Å². The quantitative estimate of drug-likeness (QED) is 0.574. The monoisotopic (exact) mass is 414 g/mol. The zero-order chi connectivity index (χ0) is 22.1. The first-order valence-corrected chi connectivity index (χ1v) is 9.08. The number of anilines is 1. The van der Waals surface area contributed by atoms with E-state index in [0.29, 0.717) is 5.69 Å². The van der Waals surface area contributed by atoms with Gasteiger partial charge in [-0.1, -0.05) is 30.3 Å². The molecule has 0 unspecified atom stereocenters. The van der Waals surface area contributed by atoms with Gasteiger partial charge in [-0.05, 0) is 36.2 Å². The van der Waals surface area contributed by atoms with Crippen LogP contribution in [0.2, 0.25) is 0 Å². The van der Waals surface area contributed by atoms with E-state index in [1.807, 2.05) is 30.3 Å². The Bertz CT molecular complexity index is 897. The fraction of sp³-hybridized carbons (Fsp3) is 0.238. The Morgan fingerprint density at radius 2 is 1.63 bits per heavy atom. The van der Waals surface area contributed by atoms with Gasteiger partial charge in [0.1, 0.15) is 12.6 Å². The van der Waals surface area contributed by atoms with Crippen molar-refractivity contribution in [2.75, 3.05) is 11.9 Å². The highest BCUT2D eigenvalue weighted by molar-refractivity contribution is 5.97. The van der Waals surface area contributed by atoms with Gasteiger partial charge in [0.05, 0.1) is 0 Å². The molecule has 2 rings (SSSR count). The first kappa shape index (κ1) is 22.4. The second-order valence-electron chi connectivity index (χ2n) is 6.44. The van der Waals surface area contributed by atoms with Crippen molar-refractivity contribution in [3.63, 3.8) is 0 Å². The van der Waals surface area contributed by atoms with Crippen molar-refractivity contribution < 1.29 is 34.1 Å². The SMILES string of the molecule is CN(C(=O)OCc1ccccc1)c1ccc(C(=O)N[C@H](CCC(=O)O)C(=O)O)cc1. The number of ether oxygens (including phenoxy) is 1. The zero-order valence-corrected chi connectivity index (χ0v) is 16.3. The maximum atomic E-state index is 12.3. The minimum absolute atomic E-state index is 0.122. The maximum absolute atomic E-state index is 12.3. The summed E-state index contributed by atoms with van der Waals surface area (Å²) < 4.78 is 5.24. The molecule has 0 fully saturated rings. The fourth-order valence-corrected chi connectivity index (χ4v) is 2.52. The summed E-state index contributed by atoms with van der Waals surface area (Å²) >= 11 is 0. The summed E-state index contributed by atoms with van der Waals surface area (Å²) in [6.07, 6.45) is -1.19. The van der Waals surface area contributed by atoms with Gasteiger partial charge in [-0.15, -0.1) is 0 Å². The van der Waals surface area contributed by atoms with Crippen LogP contribution >= 0.6 is 0 Å². The summed E-state index contributed by atoms with van der Waals surface area (Å²) in [4.78, 5) is 47.5. The molecule has 0 aliphatic rings. The summed E-state index contributed by atoms with van der Waals surface area (Å²) in [6.45, 7) is 0.122. The lowest BCUT2D eigenvalue weighted by Crippen LogP contribution is -2.41. The molecule has 2 aromatic carbocycles. The minimum Gasteiger partial charge on any atom is -0.481 e. The molecule has 0 radical (unpaired) electrons. The van der Waals surface area contributed by atoms with Crippen molar-refractivity contribution in [1.29, 1.82) is 0 Å². The van der Waals surface area contributed by atoms with Crippen LogP contribution in [-0.2, 0) is 20.9 Å². The Kier molecular flexibility index (Phi) is 7.92. The molecule has 0 aliphatic carbocycles. The van der Waals surface area contributed by atoms with Crippen LogP contribution in [-0.4, -0.2) is 47.2 Å². The van der Waals surface area contributed by atoms with E-state index in [-0.39, 0.29) is 25.0 Å². The largest absolute Gasteiger partial charge is 0.481 e. The molecule has 0 spiro atoms. The topological polar surface area (TPSA) is 133 Å². The van der Waals surface area contributed by atoms with Crippen LogP contribution in [0.15, 0.2) is 54.6 Å². The summed E-state index contributed by atoms with van der Waals surface area (Å²) in [7, 11) is 1.52. The second-order valence-corrected chi connectivity index (χ2v) is 6.44. The van der Waals surface area contributed by atoms with Crippen molar-refractivity contribution in [3.05, 3.63) is 65.7 Å². The number of benzene rings is 2. The predicted octanol–water partition coefficient (Wildman–Crippen LogP) is 2.51.